The van der Waals surface area contributed by atoms with E-state index in [0.29, 0.717) is 49.4 Å². The van der Waals surface area contributed by atoms with Crippen LogP contribution in [0.5, 0.6) is 0 Å². The van der Waals surface area contributed by atoms with Gasteiger partial charge in [-0.15, -0.1) is 0 Å². The number of hydrogen-bond donors (Lipinski definition) is 1. The van der Waals surface area contributed by atoms with Gasteiger partial charge in [0.2, 0.25) is 15.9 Å². The average molecular weight is 405 g/mol. The molecule has 152 valence electrons. The topological polar surface area (TPSA) is 83.6 Å². The van der Waals surface area contributed by atoms with E-state index in [2.05, 4.69) is 5.32 Å². The van der Waals surface area contributed by atoms with Crippen LogP contribution in [0.2, 0.25) is 0 Å². The highest BCUT2D eigenvalue weighted by atomic mass is 32.2. The van der Waals surface area contributed by atoms with Gasteiger partial charge in [0.25, 0.3) is 0 Å². The molecular formula is C21H28N2O4S. The summed E-state index contributed by atoms with van der Waals surface area (Å²) in [6.45, 7) is 2.16. The molecule has 6 nitrogen and oxygen atoms in total. The molecule has 2 saturated carbocycles. The maximum Gasteiger partial charge on any atom is 0.243 e. The molecule has 0 atom stereocenters. The Morgan fingerprint density at radius 1 is 0.964 bits per heavy atom. The molecule has 1 aromatic carbocycles. The van der Waals surface area contributed by atoms with Gasteiger partial charge >= 0.3 is 0 Å². The molecule has 7 heteroatoms. The van der Waals surface area contributed by atoms with E-state index in [0.717, 1.165) is 0 Å². The van der Waals surface area contributed by atoms with Crippen LogP contribution in [0.4, 0.5) is 0 Å². The fraction of sp³-hybridized carbons (Fsp3) is 0.619. The van der Waals surface area contributed by atoms with Gasteiger partial charge in [-0.1, -0.05) is 12.1 Å². The van der Waals surface area contributed by atoms with Gasteiger partial charge in [0.05, 0.1) is 4.90 Å². The van der Waals surface area contributed by atoms with Crippen molar-refractivity contribution in [2.24, 2.45) is 17.8 Å². The molecule has 3 aliphatic rings. The number of amides is 1. The Bertz CT molecular complexity index is 837. The average Bonchev–Trinajstić information content (AvgIpc) is 3.59. The van der Waals surface area contributed by atoms with Gasteiger partial charge in [-0.2, -0.15) is 4.31 Å². The predicted octanol–water partition coefficient (Wildman–Crippen LogP) is 2.59. The summed E-state index contributed by atoms with van der Waals surface area (Å²) in [5.74, 6) is 1.23. The molecule has 4 rings (SSSR count). The van der Waals surface area contributed by atoms with Crippen LogP contribution < -0.4 is 5.32 Å². The highest BCUT2D eigenvalue weighted by Crippen LogP contribution is 2.44. The van der Waals surface area contributed by atoms with Crippen molar-refractivity contribution in [2.75, 3.05) is 13.1 Å². The third kappa shape index (κ3) is 4.15. The first-order valence-electron chi connectivity index (χ1n) is 10.3. The second-order valence-electron chi connectivity index (χ2n) is 8.47. The smallest absolute Gasteiger partial charge is 0.243 e. The zero-order valence-corrected chi connectivity index (χ0v) is 17.1. The van der Waals surface area contributed by atoms with Gasteiger partial charge in [0, 0.05) is 30.6 Å². The summed E-state index contributed by atoms with van der Waals surface area (Å²) >= 11 is 0. The normalized spacial score (nSPS) is 21.6. The number of sulfonamides is 1. The number of rotatable bonds is 7. The number of nitrogens with one attached hydrogen (secondary N) is 1. The van der Waals surface area contributed by atoms with E-state index in [-0.39, 0.29) is 22.5 Å². The lowest BCUT2D eigenvalue weighted by Crippen LogP contribution is -2.46. The summed E-state index contributed by atoms with van der Waals surface area (Å²) < 4.78 is 27.2. The van der Waals surface area contributed by atoms with Crippen molar-refractivity contribution in [3.05, 3.63) is 29.8 Å². The Hall–Kier alpha value is -1.73. The minimum Gasteiger partial charge on any atom is -0.353 e. The number of benzene rings is 1. The first-order valence-corrected chi connectivity index (χ1v) is 11.7. The lowest BCUT2D eigenvalue weighted by atomic mass is 9.96. The van der Waals surface area contributed by atoms with Gasteiger partial charge in [-0.3, -0.25) is 9.59 Å². The van der Waals surface area contributed by atoms with Crippen LogP contribution >= 0.6 is 0 Å². The third-order valence-electron chi connectivity index (χ3n) is 6.29. The molecule has 1 N–H and O–H groups in total. The van der Waals surface area contributed by atoms with Gasteiger partial charge in [0.1, 0.15) is 0 Å². The number of nitrogens with zero attached hydrogens (tertiary/aromatic N) is 1. The molecule has 1 aliphatic heterocycles. The number of carbonyl (C=O) groups excluding carboxylic acids is 2. The number of piperidine rings is 1. The summed E-state index contributed by atoms with van der Waals surface area (Å²) in [6.07, 6.45) is 6.00. The van der Waals surface area contributed by atoms with E-state index in [1.165, 1.54) is 49.0 Å². The van der Waals surface area contributed by atoms with Crippen LogP contribution in [0.1, 0.15) is 55.8 Å². The first kappa shape index (κ1) is 19.6. The molecule has 28 heavy (non-hydrogen) atoms. The second kappa shape index (κ2) is 7.59. The van der Waals surface area contributed by atoms with Gasteiger partial charge < -0.3 is 5.32 Å². The van der Waals surface area contributed by atoms with Crippen LogP contribution in [0.15, 0.2) is 29.2 Å². The maximum absolute atomic E-state index is 12.9. The van der Waals surface area contributed by atoms with Crippen LogP contribution in [-0.4, -0.2) is 43.5 Å². The summed E-state index contributed by atoms with van der Waals surface area (Å²) in [6, 6.07) is 6.41. The van der Waals surface area contributed by atoms with Crippen molar-refractivity contribution >= 4 is 21.7 Å². The molecule has 1 heterocycles. The van der Waals surface area contributed by atoms with Crippen LogP contribution in [0.3, 0.4) is 0 Å². The van der Waals surface area contributed by atoms with E-state index in [4.69, 9.17) is 0 Å². The molecule has 0 bridgehead atoms. The fourth-order valence-electron chi connectivity index (χ4n) is 4.18. The molecule has 0 aromatic heterocycles. The minimum atomic E-state index is -3.59. The van der Waals surface area contributed by atoms with Gasteiger partial charge in [0.15, 0.2) is 5.78 Å². The number of Topliss-reactive ketones (excluding diaryl/α,β-unsaturated/α-hetero) is 1. The monoisotopic (exact) mass is 404 g/mol. The number of carbonyl (C=O) groups is 2. The minimum absolute atomic E-state index is 0.0912. The Labute approximate surface area is 166 Å². The quantitative estimate of drug-likeness (QED) is 0.708. The molecule has 0 spiro atoms. The van der Waals surface area contributed by atoms with E-state index in [1.807, 2.05) is 0 Å². The van der Waals surface area contributed by atoms with Crippen LogP contribution in [0, 0.1) is 17.8 Å². The molecule has 1 amide bonds. The van der Waals surface area contributed by atoms with E-state index in [9.17, 15) is 18.0 Å². The Morgan fingerprint density at radius 2 is 1.50 bits per heavy atom. The van der Waals surface area contributed by atoms with Crippen molar-refractivity contribution in [2.45, 2.75) is 56.4 Å². The van der Waals surface area contributed by atoms with E-state index < -0.39 is 10.0 Å². The van der Waals surface area contributed by atoms with Crippen LogP contribution in [0.25, 0.3) is 0 Å². The molecular weight excluding hydrogens is 376 g/mol. The summed E-state index contributed by atoms with van der Waals surface area (Å²) in [4.78, 5) is 24.3. The highest BCUT2D eigenvalue weighted by molar-refractivity contribution is 7.89. The van der Waals surface area contributed by atoms with E-state index in [1.54, 1.807) is 12.1 Å². The maximum atomic E-state index is 12.9. The molecule has 2 aliphatic carbocycles. The highest BCUT2D eigenvalue weighted by Gasteiger charge is 2.43. The van der Waals surface area contributed by atoms with Gasteiger partial charge in [-0.05, 0) is 69.4 Å². The molecule has 3 fully saturated rings. The van der Waals surface area contributed by atoms with Crippen molar-refractivity contribution in [1.29, 1.82) is 0 Å². The van der Waals surface area contributed by atoms with Crippen molar-refractivity contribution in [1.82, 2.24) is 9.62 Å². The second-order valence-corrected chi connectivity index (χ2v) is 10.4. The zero-order valence-electron chi connectivity index (χ0n) is 16.3. The standard InChI is InChI=1S/C21H28N2O4S/c1-14(24)15-6-8-19(9-7-15)28(26,27)23-12-10-18(11-13-23)21(25)22-20(16-2-3-16)17-4-5-17/h6-9,16-18,20H,2-5,10-13H2,1H3,(H,22,25). The zero-order chi connectivity index (χ0) is 19.9. The fourth-order valence-corrected chi connectivity index (χ4v) is 5.65. The third-order valence-corrected chi connectivity index (χ3v) is 8.20. The van der Waals surface area contributed by atoms with Crippen molar-refractivity contribution in [3.63, 3.8) is 0 Å². The summed E-state index contributed by atoms with van der Waals surface area (Å²) in [5.41, 5.74) is 0.496. The summed E-state index contributed by atoms with van der Waals surface area (Å²) in [7, 11) is -3.59. The van der Waals surface area contributed by atoms with E-state index >= 15 is 0 Å². The van der Waals surface area contributed by atoms with Crippen LogP contribution in [-0.2, 0) is 14.8 Å². The SMILES string of the molecule is CC(=O)c1ccc(S(=O)(=O)N2CCC(C(=O)NC(C3CC3)C3CC3)CC2)cc1. The molecule has 1 aromatic rings. The number of ketones is 1. The predicted molar refractivity (Wildman–Crippen MR) is 105 cm³/mol. The number of hydrogen-bond acceptors (Lipinski definition) is 4. The molecule has 1 saturated heterocycles. The van der Waals surface area contributed by atoms with Crippen molar-refractivity contribution in [3.8, 4) is 0 Å². The Morgan fingerprint density at radius 3 is 1.96 bits per heavy atom. The summed E-state index contributed by atoms with van der Waals surface area (Å²) in [5, 5.41) is 3.27. The first-order chi connectivity index (χ1) is 13.4. The van der Waals surface area contributed by atoms with Gasteiger partial charge in [-0.25, -0.2) is 8.42 Å². The lowest BCUT2D eigenvalue weighted by molar-refractivity contribution is -0.127. The molecule has 0 unspecified atom stereocenters. The lowest BCUT2D eigenvalue weighted by Gasteiger charge is -2.31. The Balaban J connectivity index is 1.35. The largest absolute Gasteiger partial charge is 0.353 e. The Kier molecular flexibility index (Phi) is 5.31. The van der Waals surface area contributed by atoms with Crippen molar-refractivity contribution < 1.29 is 18.0 Å². The molecule has 0 radical (unpaired) electrons.